The Morgan fingerprint density at radius 2 is 0.600 bits per heavy atom. The standard InChI is InChI=1S/C79H149NO5/c1-3-5-7-9-11-13-15-17-19-20-21-35-38-41-44-47-51-55-59-63-67-71-77(82)76(75-81)80-78(83)72-68-64-60-56-52-48-45-42-39-36-33-31-29-27-25-23-22-24-26-28-30-32-34-37-40-43-46-50-54-58-62-66-70-74-85-79(84)73-69-65-61-57-53-49-18-16-14-12-10-8-6-4-2/h10,12,16,18,26,28,67,71,76-77,81-82H,3-9,11,13-15,17,19-25,27,29-66,68-70,72-75H2,1-2H3,(H,80,83)/b12-10-,18-16-,28-26-,71-67+. The smallest absolute Gasteiger partial charge is 0.305 e. The van der Waals surface area contributed by atoms with E-state index in [-0.39, 0.29) is 18.5 Å². The molecule has 0 saturated heterocycles. The number of hydrogen-bond donors (Lipinski definition) is 3. The van der Waals surface area contributed by atoms with Crippen molar-refractivity contribution in [2.45, 2.75) is 431 Å². The van der Waals surface area contributed by atoms with Gasteiger partial charge in [0.25, 0.3) is 0 Å². The highest BCUT2D eigenvalue weighted by molar-refractivity contribution is 5.76. The molecule has 0 fully saturated rings. The lowest BCUT2D eigenvalue weighted by Crippen LogP contribution is -2.45. The van der Waals surface area contributed by atoms with Crippen molar-refractivity contribution in [1.82, 2.24) is 5.32 Å². The van der Waals surface area contributed by atoms with E-state index in [2.05, 4.69) is 55.6 Å². The summed E-state index contributed by atoms with van der Waals surface area (Å²) >= 11 is 0. The van der Waals surface area contributed by atoms with Crippen molar-refractivity contribution >= 4 is 11.9 Å². The second-order valence-electron chi connectivity index (χ2n) is 26.3. The van der Waals surface area contributed by atoms with Gasteiger partial charge in [-0.1, -0.05) is 371 Å². The largest absolute Gasteiger partial charge is 0.466 e. The topological polar surface area (TPSA) is 95.9 Å². The molecular formula is C79H149NO5. The summed E-state index contributed by atoms with van der Waals surface area (Å²) < 4.78 is 5.48. The van der Waals surface area contributed by atoms with Crippen LogP contribution in [0.15, 0.2) is 48.6 Å². The van der Waals surface area contributed by atoms with Gasteiger partial charge in [-0.25, -0.2) is 0 Å². The fraction of sp³-hybridized carbons (Fsp3) is 0.873. The summed E-state index contributed by atoms with van der Waals surface area (Å²) in [4.78, 5) is 24.6. The van der Waals surface area contributed by atoms with Gasteiger partial charge in [0.15, 0.2) is 0 Å². The summed E-state index contributed by atoms with van der Waals surface area (Å²) in [6.45, 7) is 4.90. The molecule has 0 aromatic carbocycles. The van der Waals surface area contributed by atoms with Crippen molar-refractivity contribution < 1.29 is 24.5 Å². The maximum Gasteiger partial charge on any atom is 0.305 e. The predicted molar refractivity (Wildman–Crippen MR) is 375 cm³/mol. The van der Waals surface area contributed by atoms with Gasteiger partial charge < -0.3 is 20.3 Å². The van der Waals surface area contributed by atoms with Gasteiger partial charge in [0, 0.05) is 12.8 Å². The fourth-order valence-electron chi connectivity index (χ4n) is 11.9. The van der Waals surface area contributed by atoms with Crippen LogP contribution in [0, 0.1) is 0 Å². The Kier molecular flexibility index (Phi) is 72.4. The van der Waals surface area contributed by atoms with E-state index in [1.807, 2.05) is 6.08 Å². The van der Waals surface area contributed by atoms with E-state index in [0.29, 0.717) is 19.4 Å². The van der Waals surface area contributed by atoms with Crippen molar-refractivity contribution in [3.05, 3.63) is 48.6 Å². The number of esters is 1. The first kappa shape index (κ1) is 82.8. The Balaban J connectivity index is 3.38. The normalized spacial score (nSPS) is 12.8. The molecule has 0 saturated carbocycles. The van der Waals surface area contributed by atoms with Crippen molar-refractivity contribution in [2.24, 2.45) is 0 Å². The SMILES string of the molecule is CCCC/C=C\C/C=C\CCCCCCCC(=O)OCCCCCCCCCCCCCC/C=C\CCCCCCCCCCCCCCCCCCCC(=O)NC(CO)C(O)/C=C/CCCCCCCCCCCCCCCCCCCCC. The van der Waals surface area contributed by atoms with Crippen molar-refractivity contribution in [3.63, 3.8) is 0 Å². The zero-order chi connectivity index (χ0) is 61.3. The first-order chi connectivity index (χ1) is 42.0. The number of unbranched alkanes of at least 4 members (excludes halogenated alkanes) is 55. The Labute approximate surface area is 531 Å². The Hall–Kier alpha value is -2.18. The minimum absolute atomic E-state index is 0.00403. The molecule has 2 atom stereocenters. The van der Waals surface area contributed by atoms with E-state index >= 15 is 0 Å². The third-order valence-corrected chi connectivity index (χ3v) is 17.8. The van der Waals surface area contributed by atoms with Crippen LogP contribution in [-0.2, 0) is 14.3 Å². The number of rotatable bonds is 72. The number of carbonyl (C=O) groups is 2. The summed E-state index contributed by atoms with van der Waals surface area (Å²) in [5.41, 5.74) is 0. The quantitative estimate of drug-likeness (QED) is 0.0320. The van der Waals surface area contributed by atoms with E-state index in [1.165, 1.54) is 340 Å². The molecule has 0 aliphatic rings. The molecule has 0 spiro atoms. The first-order valence-electron chi connectivity index (χ1n) is 38.4. The van der Waals surface area contributed by atoms with Crippen molar-refractivity contribution in [2.75, 3.05) is 13.2 Å². The summed E-state index contributed by atoms with van der Waals surface area (Å²) in [5.74, 6) is -0.0570. The maximum absolute atomic E-state index is 12.5. The molecule has 3 N–H and O–H groups in total. The molecule has 500 valence electrons. The van der Waals surface area contributed by atoms with Crippen LogP contribution in [0.25, 0.3) is 0 Å². The second kappa shape index (κ2) is 74.3. The molecule has 0 aromatic heterocycles. The van der Waals surface area contributed by atoms with Crippen molar-refractivity contribution in [1.29, 1.82) is 0 Å². The molecule has 0 heterocycles. The lowest BCUT2D eigenvalue weighted by Gasteiger charge is -2.20. The average Bonchev–Trinajstić information content (AvgIpc) is 3.51. The molecule has 1 amide bonds. The highest BCUT2D eigenvalue weighted by Crippen LogP contribution is 2.19. The van der Waals surface area contributed by atoms with Crippen LogP contribution in [0.2, 0.25) is 0 Å². The average molecular weight is 1190 g/mol. The Morgan fingerprint density at radius 1 is 0.329 bits per heavy atom. The van der Waals surface area contributed by atoms with Gasteiger partial charge in [0.1, 0.15) is 0 Å². The van der Waals surface area contributed by atoms with Gasteiger partial charge >= 0.3 is 5.97 Å². The molecule has 0 radical (unpaired) electrons. The number of ether oxygens (including phenoxy) is 1. The Bertz CT molecular complexity index is 1420. The Morgan fingerprint density at radius 3 is 0.941 bits per heavy atom. The monoisotopic (exact) mass is 1190 g/mol. The highest BCUT2D eigenvalue weighted by atomic mass is 16.5. The third-order valence-electron chi connectivity index (χ3n) is 17.8. The van der Waals surface area contributed by atoms with E-state index in [9.17, 15) is 19.8 Å². The summed E-state index contributed by atoms with van der Waals surface area (Å²) in [7, 11) is 0. The van der Waals surface area contributed by atoms with Crippen molar-refractivity contribution in [3.8, 4) is 0 Å². The van der Waals surface area contributed by atoms with Crippen LogP contribution in [0.4, 0.5) is 0 Å². The number of aliphatic hydroxyl groups is 2. The van der Waals surface area contributed by atoms with Gasteiger partial charge in [0.05, 0.1) is 25.4 Å². The van der Waals surface area contributed by atoms with E-state index in [1.54, 1.807) is 6.08 Å². The maximum atomic E-state index is 12.5. The van der Waals surface area contributed by atoms with E-state index in [0.717, 1.165) is 51.4 Å². The van der Waals surface area contributed by atoms with E-state index < -0.39 is 12.1 Å². The predicted octanol–water partition coefficient (Wildman–Crippen LogP) is 25.2. The molecule has 0 bridgehead atoms. The van der Waals surface area contributed by atoms with Crippen LogP contribution in [-0.4, -0.2) is 47.4 Å². The van der Waals surface area contributed by atoms with Gasteiger partial charge in [-0.05, 0) is 83.5 Å². The lowest BCUT2D eigenvalue weighted by molar-refractivity contribution is -0.143. The van der Waals surface area contributed by atoms with Gasteiger partial charge in [-0.3, -0.25) is 9.59 Å². The number of carbonyl (C=O) groups excluding carboxylic acids is 2. The third kappa shape index (κ3) is 70.8. The van der Waals surface area contributed by atoms with Gasteiger partial charge in [-0.2, -0.15) is 0 Å². The number of aliphatic hydroxyl groups excluding tert-OH is 2. The van der Waals surface area contributed by atoms with Gasteiger partial charge in [0.2, 0.25) is 5.91 Å². The van der Waals surface area contributed by atoms with Gasteiger partial charge in [-0.15, -0.1) is 0 Å². The number of allylic oxidation sites excluding steroid dienone is 7. The van der Waals surface area contributed by atoms with Crippen LogP contribution in [0.3, 0.4) is 0 Å². The minimum Gasteiger partial charge on any atom is -0.466 e. The van der Waals surface area contributed by atoms with Crippen LogP contribution in [0.5, 0.6) is 0 Å². The number of hydrogen-bond acceptors (Lipinski definition) is 5. The molecule has 6 heteroatoms. The summed E-state index contributed by atoms with van der Waals surface area (Å²) in [6, 6.07) is -0.627. The molecule has 0 rings (SSSR count). The molecule has 2 unspecified atom stereocenters. The summed E-state index contributed by atoms with van der Waals surface area (Å²) in [5, 5.41) is 23.3. The van der Waals surface area contributed by atoms with Crippen LogP contribution < -0.4 is 5.32 Å². The van der Waals surface area contributed by atoms with E-state index in [4.69, 9.17) is 4.74 Å². The lowest BCUT2D eigenvalue weighted by atomic mass is 10.0. The molecule has 0 aromatic rings. The minimum atomic E-state index is -0.844. The summed E-state index contributed by atoms with van der Waals surface area (Å²) in [6.07, 6.45) is 97.9. The van der Waals surface area contributed by atoms with Crippen LogP contribution in [0.1, 0.15) is 418 Å². The molecule has 85 heavy (non-hydrogen) atoms. The molecule has 0 aliphatic heterocycles. The molecule has 0 aliphatic carbocycles. The molecule has 6 nitrogen and oxygen atoms in total. The number of amides is 1. The zero-order valence-corrected chi connectivity index (χ0v) is 57.4. The van der Waals surface area contributed by atoms with Crippen LogP contribution >= 0.6 is 0 Å². The second-order valence-corrected chi connectivity index (χ2v) is 26.3. The number of nitrogens with one attached hydrogen (secondary N) is 1. The first-order valence-corrected chi connectivity index (χ1v) is 38.4. The zero-order valence-electron chi connectivity index (χ0n) is 57.4. The molecular weight excluding hydrogens is 1040 g/mol. The fourth-order valence-corrected chi connectivity index (χ4v) is 11.9. The highest BCUT2D eigenvalue weighted by Gasteiger charge is 2.18.